The third kappa shape index (κ3) is 1.86. The van der Waals surface area contributed by atoms with Gasteiger partial charge in [-0.25, -0.2) is 22.8 Å². The summed E-state index contributed by atoms with van der Waals surface area (Å²) in [5, 5.41) is 4.24. The summed E-state index contributed by atoms with van der Waals surface area (Å²) >= 11 is 0. The second-order valence-corrected chi connectivity index (χ2v) is 4.60. The summed E-state index contributed by atoms with van der Waals surface area (Å²) in [4.78, 5) is 4.10. The highest BCUT2D eigenvalue weighted by Gasteiger charge is 2.22. The van der Waals surface area contributed by atoms with Gasteiger partial charge in [0.05, 0.1) is 11.4 Å². The van der Waals surface area contributed by atoms with Crippen molar-refractivity contribution in [3.63, 3.8) is 0 Å². The Morgan fingerprint density at radius 2 is 1.95 bits per heavy atom. The smallest absolute Gasteiger partial charge is 0.207 e. The van der Waals surface area contributed by atoms with Crippen molar-refractivity contribution in [1.29, 1.82) is 0 Å². The van der Waals surface area contributed by atoms with Crippen molar-refractivity contribution in [2.75, 3.05) is 5.73 Å². The number of aryl methyl sites for hydroxylation is 2. The number of anilines is 1. The van der Waals surface area contributed by atoms with Crippen LogP contribution in [0.5, 0.6) is 0 Å². The Morgan fingerprint density at radius 3 is 2.62 bits per heavy atom. The van der Waals surface area contributed by atoms with Gasteiger partial charge in [-0.3, -0.25) is 4.57 Å². The first kappa shape index (κ1) is 13.5. The van der Waals surface area contributed by atoms with Gasteiger partial charge < -0.3 is 5.73 Å². The Kier molecular flexibility index (Phi) is 2.89. The van der Waals surface area contributed by atoms with Crippen LogP contribution < -0.4 is 5.73 Å². The van der Waals surface area contributed by atoms with Crippen LogP contribution in [0.15, 0.2) is 12.1 Å². The fourth-order valence-electron chi connectivity index (χ4n) is 2.35. The van der Waals surface area contributed by atoms with Crippen molar-refractivity contribution in [2.45, 2.75) is 20.4 Å². The van der Waals surface area contributed by atoms with E-state index in [0.717, 1.165) is 6.07 Å². The maximum atomic E-state index is 14.0. The number of nitrogens with two attached hydrogens (primary N) is 1. The maximum absolute atomic E-state index is 14.0. The van der Waals surface area contributed by atoms with E-state index in [9.17, 15) is 13.2 Å². The molecule has 0 fully saturated rings. The molecule has 1 aromatic carbocycles. The topological polar surface area (TPSA) is 61.7 Å². The number of benzene rings is 1. The average molecular weight is 295 g/mol. The Labute approximate surface area is 117 Å². The third-order valence-electron chi connectivity index (χ3n) is 3.25. The zero-order valence-corrected chi connectivity index (χ0v) is 11.4. The first-order valence-electron chi connectivity index (χ1n) is 6.30. The number of nitrogen functional groups attached to an aromatic ring is 1. The SMILES string of the molecule is CCn1nc(C)c2nc(N)n(-c3cc(F)cc(F)c3F)c21. The van der Waals surface area contributed by atoms with Gasteiger partial charge in [0.1, 0.15) is 11.3 Å². The molecule has 2 N–H and O–H groups in total. The third-order valence-corrected chi connectivity index (χ3v) is 3.25. The number of halogens is 3. The maximum Gasteiger partial charge on any atom is 0.207 e. The van der Waals surface area contributed by atoms with Crippen LogP contribution >= 0.6 is 0 Å². The van der Waals surface area contributed by atoms with Crippen LogP contribution in [-0.2, 0) is 6.54 Å². The Morgan fingerprint density at radius 1 is 1.24 bits per heavy atom. The lowest BCUT2D eigenvalue weighted by atomic mass is 10.2. The summed E-state index contributed by atoms with van der Waals surface area (Å²) in [5.41, 5.74) is 6.94. The number of fused-ring (bicyclic) bond motifs is 1. The summed E-state index contributed by atoms with van der Waals surface area (Å²) in [5.74, 6) is -3.43. The molecular formula is C13H12F3N5. The molecule has 0 atom stereocenters. The lowest BCUT2D eigenvalue weighted by molar-refractivity contribution is 0.491. The van der Waals surface area contributed by atoms with Gasteiger partial charge in [0.15, 0.2) is 17.3 Å². The van der Waals surface area contributed by atoms with E-state index in [4.69, 9.17) is 5.73 Å². The first-order chi connectivity index (χ1) is 9.93. The fraction of sp³-hybridized carbons (Fsp3) is 0.231. The van der Waals surface area contributed by atoms with E-state index in [1.807, 2.05) is 6.92 Å². The standard InChI is InChI=1S/C13H12F3N5/c1-3-20-12-11(6(2)19-20)18-13(17)21(12)9-5-7(14)4-8(15)10(9)16/h4-5H,3H2,1-2H3,(H2,17,18). The normalized spacial score (nSPS) is 11.5. The van der Waals surface area contributed by atoms with Gasteiger partial charge in [0.2, 0.25) is 5.95 Å². The summed E-state index contributed by atoms with van der Waals surface area (Å²) in [6, 6.07) is 1.35. The highest BCUT2D eigenvalue weighted by Crippen LogP contribution is 2.28. The lowest BCUT2D eigenvalue weighted by Crippen LogP contribution is -2.09. The molecule has 0 aliphatic carbocycles. The monoisotopic (exact) mass is 295 g/mol. The number of aromatic nitrogens is 4. The van der Waals surface area contributed by atoms with Gasteiger partial charge in [-0.2, -0.15) is 5.10 Å². The van der Waals surface area contributed by atoms with Crippen molar-refractivity contribution in [2.24, 2.45) is 0 Å². The molecule has 5 nitrogen and oxygen atoms in total. The largest absolute Gasteiger partial charge is 0.369 e. The van der Waals surface area contributed by atoms with Crippen LogP contribution in [0.3, 0.4) is 0 Å². The summed E-state index contributed by atoms with van der Waals surface area (Å²) in [6.07, 6.45) is 0. The Balaban J connectivity index is 2.43. The predicted octanol–water partition coefficient (Wildman–Crippen LogP) is 2.55. The van der Waals surface area contributed by atoms with Crippen LogP contribution in [0.25, 0.3) is 16.9 Å². The zero-order chi connectivity index (χ0) is 15.3. The van der Waals surface area contributed by atoms with Crippen molar-refractivity contribution < 1.29 is 13.2 Å². The molecular weight excluding hydrogens is 283 g/mol. The minimum Gasteiger partial charge on any atom is -0.369 e. The number of nitrogens with zero attached hydrogens (tertiary/aromatic N) is 4. The molecule has 0 bridgehead atoms. The van der Waals surface area contributed by atoms with Gasteiger partial charge in [0.25, 0.3) is 0 Å². The van der Waals surface area contributed by atoms with E-state index in [-0.39, 0.29) is 11.6 Å². The van der Waals surface area contributed by atoms with E-state index in [0.29, 0.717) is 29.5 Å². The number of rotatable bonds is 2. The van der Waals surface area contributed by atoms with Crippen molar-refractivity contribution >= 4 is 17.1 Å². The molecule has 3 aromatic rings. The number of hydrogen-bond acceptors (Lipinski definition) is 3. The number of hydrogen-bond donors (Lipinski definition) is 1. The molecule has 0 saturated carbocycles. The van der Waals surface area contributed by atoms with E-state index in [2.05, 4.69) is 10.1 Å². The quantitative estimate of drug-likeness (QED) is 0.739. The molecule has 0 aliphatic heterocycles. The summed E-state index contributed by atoms with van der Waals surface area (Å²) in [7, 11) is 0. The van der Waals surface area contributed by atoms with Crippen LogP contribution in [0.2, 0.25) is 0 Å². The van der Waals surface area contributed by atoms with E-state index in [1.54, 1.807) is 11.6 Å². The van der Waals surface area contributed by atoms with Crippen molar-refractivity contribution in [3.8, 4) is 5.69 Å². The second-order valence-electron chi connectivity index (χ2n) is 4.60. The van der Waals surface area contributed by atoms with Crippen LogP contribution in [-0.4, -0.2) is 19.3 Å². The molecule has 2 heterocycles. The van der Waals surface area contributed by atoms with E-state index >= 15 is 0 Å². The molecule has 21 heavy (non-hydrogen) atoms. The first-order valence-corrected chi connectivity index (χ1v) is 6.30. The molecule has 0 radical (unpaired) electrons. The second kappa shape index (κ2) is 4.51. The highest BCUT2D eigenvalue weighted by atomic mass is 19.2. The predicted molar refractivity (Wildman–Crippen MR) is 71.6 cm³/mol. The average Bonchev–Trinajstić information content (AvgIpc) is 2.91. The molecule has 3 rings (SSSR count). The lowest BCUT2D eigenvalue weighted by Gasteiger charge is -2.09. The molecule has 8 heteroatoms. The fourth-order valence-corrected chi connectivity index (χ4v) is 2.35. The van der Waals surface area contributed by atoms with Gasteiger partial charge in [0, 0.05) is 18.7 Å². The van der Waals surface area contributed by atoms with E-state index in [1.165, 1.54) is 4.57 Å². The molecule has 0 spiro atoms. The Hall–Kier alpha value is -2.51. The minimum atomic E-state index is -1.29. The molecule has 2 aromatic heterocycles. The van der Waals surface area contributed by atoms with Gasteiger partial charge in [-0.1, -0.05) is 0 Å². The zero-order valence-electron chi connectivity index (χ0n) is 11.4. The molecule has 110 valence electrons. The molecule has 0 unspecified atom stereocenters. The van der Waals surface area contributed by atoms with Gasteiger partial charge >= 0.3 is 0 Å². The van der Waals surface area contributed by atoms with Crippen molar-refractivity contribution in [3.05, 3.63) is 35.3 Å². The van der Waals surface area contributed by atoms with E-state index < -0.39 is 17.5 Å². The molecule has 0 saturated heterocycles. The summed E-state index contributed by atoms with van der Waals surface area (Å²) in [6.45, 7) is 4.05. The van der Waals surface area contributed by atoms with Gasteiger partial charge in [-0.15, -0.1) is 0 Å². The van der Waals surface area contributed by atoms with Crippen molar-refractivity contribution in [1.82, 2.24) is 19.3 Å². The minimum absolute atomic E-state index is 0.0587. The molecule has 0 amide bonds. The van der Waals surface area contributed by atoms with Crippen LogP contribution in [0, 0.1) is 24.4 Å². The number of imidazole rings is 1. The highest BCUT2D eigenvalue weighted by molar-refractivity contribution is 5.80. The van der Waals surface area contributed by atoms with Gasteiger partial charge in [-0.05, 0) is 13.8 Å². The Bertz CT molecular complexity index is 849. The van der Waals surface area contributed by atoms with Crippen LogP contribution in [0.1, 0.15) is 12.6 Å². The summed E-state index contributed by atoms with van der Waals surface area (Å²) < 4.78 is 43.6. The molecule has 0 aliphatic rings. The van der Waals surface area contributed by atoms with Crippen LogP contribution in [0.4, 0.5) is 19.1 Å².